The lowest BCUT2D eigenvalue weighted by Crippen LogP contribution is -2.53. The van der Waals surface area contributed by atoms with Crippen molar-refractivity contribution in [1.82, 2.24) is 14.5 Å². The summed E-state index contributed by atoms with van der Waals surface area (Å²) < 4.78 is 27.1. The van der Waals surface area contributed by atoms with Crippen molar-refractivity contribution in [3.8, 4) is 0 Å². The van der Waals surface area contributed by atoms with Gasteiger partial charge in [-0.25, -0.2) is 8.42 Å². The van der Waals surface area contributed by atoms with Crippen LogP contribution >= 0.6 is 0 Å². The van der Waals surface area contributed by atoms with Crippen LogP contribution < -0.4 is 4.72 Å². The van der Waals surface area contributed by atoms with E-state index in [-0.39, 0.29) is 34.4 Å². The highest BCUT2D eigenvalue weighted by molar-refractivity contribution is 7.90. The van der Waals surface area contributed by atoms with Crippen LogP contribution in [0.2, 0.25) is 0 Å². The maximum Gasteiger partial charge on any atom is 0.263 e. The van der Waals surface area contributed by atoms with Crippen LogP contribution in [0.25, 0.3) is 0 Å². The normalized spacial score (nSPS) is 23.1. The summed E-state index contributed by atoms with van der Waals surface area (Å²) in [5.41, 5.74) is 0.491. The molecule has 4 rings (SSSR count). The Balaban J connectivity index is 1.51. The Morgan fingerprint density at radius 1 is 1.07 bits per heavy atom. The smallest absolute Gasteiger partial charge is 0.263 e. The number of amidine groups is 1. The van der Waals surface area contributed by atoms with Crippen LogP contribution in [0.1, 0.15) is 32.3 Å². The molecule has 0 radical (unpaired) electrons. The standard InChI is InChI=1S/C20H26N4O4S/c1-13(2)17(21-18-15-5-3-4-6-16(15)29(27,28)22-18)20(26)24-11-9-23(10-12-24)19(25)14-7-8-14/h3-6,13-14,17H,7-12H2,1-2H3,(H,21,22)/t17-/m1/s1. The van der Waals surface area contributed by atoms with Gasteiger partial charge in [0.1, 0.15) is 11.9 Å². The Morgan fingerprint density at radius 2 is 1.69 bits per heavy atom. The molecule has 29 heavy (non-hydrogen) atoms. The lowest BCUT2D eigenvalue weighted by Gasteiger charge is -2.36. The summed E-state index contributed by atoms with van der Waals surface area (Å²) in [5, 5.41) is 0. The van der Waals surface area contributed by atoms with Crippen LogP contribution in [0, 0.1) is 11.8 Å². The summed E-state index contributed by atoms with van der Waals surface area (Å²) in [6.07, 6.45) is 1.95. The SMILES string of the molecule is CC(C)[C@@H](N=C1NS(=O)(=O)c2ccccc21)C(=O)N1CCN(C(=O)C2CC2)CC1. The van der Waals surface area contributed by atoms with E-state index >= 15 is 0 Å². The fraction of sp³-hybridized carbons (Fsp3) is 0.550. The monoisotopic (exact) mass is 418 g/mol. The van der Waals surface area contributed by atoms with Gasteiger partial charge >= 0.3 is 0 Å². The first kappa shape index (κ1) is 19.9. The number of carbonyl (C=O) groups excluding carboxylic acids is 2. The lowest BCUT2D eigenvalue weighted by molar-refractivity contribution is -0.141. The molecule has 0 aromatic heterocycles. The second kappa shape index (κ2) is 7.44. The Bertz CT molecular complexity index is 960. The van der Waals surface area contributed by atoms with E-state index in [1.807, 2.05) is 18.7 Å². The van der Waals surface area contributed by atoms with Gasteiger partial charge in [0.15, 0.2) is 0 Å². The van der Waals surface area contributed by atoms with Gasteiger partial charge in [0, 0.05) is 37.7 Å². The number of carbonyl (C=O) groups is 2. The molecule has 2 aliphatic heterocycles. The number of fused-ring (bicyclic) bond motifs is 1. The van der Waals surface area contributed by atoms with E-state index in [4.69, 9.17) is 0 Å². The van der Waals surface area contributed by atoms with Crippen molar-refractivity contribution in [3.05, 3.63) is 29.8 Å². The third kappa shape index (κ3) is 3.88. The highest BCUT2D eigenvalue weighted by Crippen LogP contribution is 2.31. The van der Waals surface area contributed by atoms with Gasteiger partial charge in [-0.2, -0.15) is 0 Å². The average molecular weight is 419 g/mol. The van der Waals surface area contributed by atoms with Gasteiger partial charge < -0.3 is 9.80 Å². The summed E-state index contributed by atoms with van der Waals surface area (Å²) in [4.78, 5) is 33.7. The first-order valence-electron chi connectivity index (χ1n) is 10.1. The van der Waals surface area contributed by atoms with Crippen LogP contribution in [0.15, 0.2) is 34.2 Å². The van der Waals surface area contributed by atoms with E-state index in [0.717, 1.165) is 12.8 Å². The Kier molecular flexibility index (Phi) is 5.10. The number of nitrogens with zero attached hydrogens (tertiary/aromatic N) is 3. The molecule has 1 saturated carbocycles. The van der Waals surface area contributed by atoms with E-state index in [1.165, 1.54) is 6.07 Å². The van der Waals surface area contributed by atoms with E-state index in [0.29, 0.717) is 31.7 Å². The van der Waals surface area contributed by atoms with Crippen molar-refractivity contribution in [2.45, 2.75) is 37.6 Å². The van der Waals surface area contributed by atoms with Crippen LogP contribution in [0.4, 0.5) is 0 Å². The van der Waals surface area contributed by atoms with E-state index < -0.39 is 16.1 Å². The minimum Gasteiger partial charge on any atom is -0.339 e. The summed E-state index contributed by atoms with van der Waals surface area (Å²) >= 11 is 0. The molecule has 2 amide bonds. The predicted octanol–water partition coefficient (Wildman–Crippen LogP) is 0.831. The second-order valence-electron chi connectivity index (χ2n) is 8.19. The maximum atomic E-state index is 13.2. The van der Waals surface area contributed by atoms with Crippen LogP contribution in [-0.4, -0.2) is 68.1 Å². The molecule has 0 unspecified atom stereocenters. The molecule has 2 fully saturated rings. The van der Waals surface area contributed by atoms with Crippen molar-refractivity contribution < 1.29 is 18.0 Å². The molecule has 1 saturated heterocycles. The summed E-state index contributed by atoms with van der Waals surface area (Å²) in [6.45, 7) is 5.83. The zero-order valence-corrected chi connectivity index (χ0v) is 17.5. The molecule has 1 aromatic carbocycles. The lowest BCUT2D eigenvalue weighted by atomic mass is 10.0. The highest BCUT2D eigenvalue weighted by Gasteiger charge is 2.37. The Hall–Kier alpha value is -2.42. The second-order valence-corrected chi connectivity index (χ2v) is 9.84. The molecule has 1 N–H and O–H groups in total. The van der Waals surface area contributed by atoms with E-state index in [1.54, 1.807) is 23.1 Å². The molecule has 0 bridgehead atoms. The number of amides is 2. The number of rotatable bonds is 4. The number of sulfonamides is 1. The molecule has 1 atom stereocenters. The van der Waals surface area contributed by atoms with Crippen LogP contribution in [0.3, 0.4) is 0 Å². The predicted molar refractivity (Wildman–Crippen MR) is 108 cm³/mol. The molecule has 156 valence electrons. The van der Waals surface area contributed by atoms with Crippen LogP contribution in [0.5, 0.6) is 0 Å². The molecular formula is C20H26N4O4S. The molecule has 9 heteroatoms. The van der Waals surface area contributed by atoms with Crippen molar-refractivity contribution in [2.24, 2.45) is 16.8 Å². The van der Waals surface area contributed by atoms with Gasteiger partial charge in [0.25, 0.3) is 10.0 Å². The zero-order chi connectivity index (χ0) is 20.8. The van der Waals surface area contributed by atoms with Gasteiger partial charge in [-0.1, -0.05) is 26.0 Å². The summed E-state index contributed by atoms with van der Waals surface area (Å²) in [5.74, 6) is 0.375. The minimum absolute atomic E-state index is 0.0987. The number of hydrogen-bond acceptors (Lipinski definition) is 5. The van der Waals surface area contributed by atoms with Gasteiger partial charge in [-0.15, -0.1) is 0 Å². The third-order valence-corrected chi connectivity index (χ3v) is 7.04. The highest BCUT2D eigenvalue weighted by atomic mass is 32.2. The molecule has 1 aliphatic carbocycles. The summed E-state index contributed by atoms with van der Waals surface area (Å²) in [7, 11) is -3.65. The fourth-order valence-electron chi connectivity index (χ4n) is 3.78. The van der Waals surface area contributed by atoms with Crippen LogP contribution in [-0.2, 0) is 19.6 Å². The number of nitrogens with one attached hydrogen (secondary N) is 1. The van der Waals surface area contributed by atoms with Gasteiger partial charge in [-0.3, -0.25) is 19.3 Å². The molecule has 1 aromatic rings. The maximum absolute atomic E-state index is 13.2. The van der Waals surface area contributed by atoms with E-state index in [2.05, 4.69) is 9.71 Å². The van der Waals surface area contributed by atoms with Gasteiger partial charge in [0.05, 0.1) is 4.90 Å². The molecule has 0 spiro atoms. The Morgan fingerprint density at radius 3 is 2.31 bits per heavy atom. The first-order chi connectivity index (χ1) is 13.8. The topological polar surface area (TPSA) is 99.1 Å². The van der Waals surface area contributed by atoms with E-state index in [9.17, 15) is 18.0 Å². The Labute approximate surface area is 171 Å². The fourth-order valence-corrected chi connectivity index (χ4v) is 5.02. The molecule has 3 aliphatic rings. The van der Waals surface area contributed by atoms with Crippen molar-refractivity contribution in [2.75, 3.05) is 26.2 Å². The minimum atomic E-state index is -3.65. The van der Waals surface area contributed by atoms with Crippen molar-refractivity contribution >= 4 is 27.7 Å². The summed E-state index contributed by atoms with van der Waals surface area (Å²) in [6, 6.07) is 5.94. The zero-order valence-electron chi connectivity index (χ0n) is 16.7. The van der Waals surface area contributed by atoms with Crippen molar-refractivity contribution in [3.63, 3.8) is 0 Å². The van der Waals surface area contributed by atoms with Gasteiger partial charge in [-0.05, 0) is 30.9 Å². The largest absolute Gasteiger partial charge is 0.339 e. The molecule has 8 nitrogen and oxygen atoms in total. The number of piperazine rings is 1. The quantitative estimate of drug-likeness (QED) is 0.783. The molecular weight excluding hydrogens is 392 g/mol. The van der Waals surface area contributed by atoms with Crippen molar-refractivity contribution in [1.29, 1.82) is 0 Å². The third-order valence-electron chi connectivity index (χ3n) is 5.65. The molecule has 2 heterocycles. The average Bonchev–Trinajstić information content (AvgIpc) is 3.51. The van der Waals surface area contributed by atoms with Gasteiger partial charge in [0.2, 0.25) is 11.8 Å². The number of benzene rings is 1. The first-order valence-corrected chi connectivity index (χ1v) is 11.5. The number of hydrogen-bond donors (Lipinski definition) is 1. The number of aliphatic imine (C=N–C) groups is 1.